The maximum atomic E-state index is 8.35. The van der Waals surface area contributed by atoms with Crippen molar-refractivity contribution in [2.75, 3.05) is 0 Å². The highest BCUT2D eigenvalue weighted by Gasteiger charge is 2.01. The van der Waals surface area contributed by atoms with Crippen molar-refractivity contribution in [3.63, 3.8) is 0 Å². The minimum Gasteiger partial charge on any atom is -0.0622 e. The monoisotopic (exact) mass is 349 g/mol. The molecule has 0 bridgehead atoms. The number of azide groups is 1. The third kappa shape index (κ3) is 3.02. The number of nitrogens with zero attached hydrogens (tertiary/aromatic N) is 3. The SMILES string of the molecule is [N-]=[N+]=N/C(=C(/Br)I)c1ccccc1. The fourth-order valence-electron chi connectivity index (χ4n) is 0.845. The van der Waals surface area contributed by atoms with Crippen molar-refractivity contribution in [2.45, 2.75) is 0 Å². The largest absolute Gasteiger partial charge is 0.0660 e. The molecule has 0 saturated carbocycles. The predicted octanol–water partition coefficient (Wildman–Crippen LogP) is 4.45. The first-order valence-electron chi connectivity index (χ1n) is 3.41. The second-order valence-corrected chi connectivity index (χ2v) is 5.52. The Bertz CT molecular complexity index is 364. The molecule has 3 nitrogen and oxygen atoms in total. The zero-order valence-electron chi connectivity index (χ0n) is 6.48. The van der Waals surface area contributed by atoms with Gasteiger partial charge in [-0.2, -0.15) is 0 Å². The van der Waals surface area contributed by atoms with E-state index in [1.165, 1.54) is 0 Å². The van der Waals surface area contributed by atoms with E-state index in [2.05, 4.69) is 48.5 Å². The molecule has 0 atom stereocenters. The Balaban J connectivity index is 3.19. The van der Waals surface area contributed by atoms with Crippen molar-refractivity contribution >= 4 is 44.2 Å². The first-order valence-corrected chi connectivity index (χ1v) is 5.28. The van der Waals surface area contributed by atoms with Crippen LogP contribution >= 0.6 is 38.5 Å². The van der Waals surface area contributed by atoms with E-state index in [0.29, 0.717) is 5.70 Å². The average Bonchev–Trinajstić information content (AvgIpc) is 2.15. The van der Waals surface area contributed by atoms with Gasteiger partial charge in [-0.15, -0.1) is 0 Å². The van der Waals surface area contributed by atoms with Gasteiger partial charge in [-0.1, -0.05) is 35.4 Å². The Morgan fingerprint density at radius 1 is 1.38 bits per heavy atom. The highest BCUT2D eigenvalue weighted by atomic mass is 127. The Labute approximate surface area is 97.7 Å². The van der Waals surface area contributed by atoms with Gasteiger partial charge in [0.15, 0.2) is 0 Å². The number of halogens is 2. The Morgan fingerprint density at radius 2 is 2.00 bits per heavy atom. The summed E-state index contributed by atoms with van der Waals surface area (Å²) in [6.45, 7) is 0. The summed E-state index contributed by atoms with van der Waals surface area (Å²) in [7, 11) is 0. The molecule has 0 spiro atoms. The van der Waals surface area contributed by atoms with Crippen molar-refractivity contribution in [3.05, 3.63) is 48.8 Å². The van der Waals surface area contributed by atoms with E-state index in [9.17, 15) is 0 Å². The molecular formula is C8H5BrIN3. The molecule has 1 rings (SSSR count). The standard InChI is InChI=1S/C8H5BrIN3/c9-8(10)7(12-13-11)6-4-2-1-3-5-6/h1-5H/b8-7-. The molecule has 0 aliphatic heterocycles. The smallest absolute Gasteiger partial charge is 0.0622 e. The zero-order valence-corrected chi connectivity index (χ0v) is 10.2. The minimum atomic E-state index is 0.615. The van der Waals surface area contributed by atoms with Gasteiger partial charge in [0.2, 0.25) is 0 Å². The van der Waals surface area contributed by atoms with E-state index >= 15 is 0 Å². The molecule has 0 aliphatic carbocycles. The maximum Gasteiger partial charge on any atom is 0.0660 e. The van der Waals surface area contributed by atoms with Crippen molar-refractivity contribution in [1.29, 1.82) is 0 Å². The molecular weight excluding hydrogens is 345 g/mol. The molecule has 0 saturated heterocycles. The lowest BCUT2D eigenvalue weighted by Crippen LogP contribution is -1.78. The molecule has 66 valence electrons. The summed E-state index contributed by atoms with van der Waals surface area (Å²) < 4.78 is 0.800. The molecule has 0 N–H and O–H groups in total. The third-order valence-corrected chi connectivity index (χ3v) is 2.26. The van der Waals surface area contributed by atoms with Crippen LogP contribution in [0.3, 0.4) is 0 Å². The third-order valence-electron chi connectivity index (χ3n) is 1.37. The van der Waals surface area contributed by atoms with Gasteiger partial charge in [0.05, 0.1) is 8.19 Å². The quantitative estimate of drug-likeness (QED) is 0.328. The lowest BCUT2D eigenvalue weighted by atomic mass is 10.2. The summed E-state index contributed by atoms with van der Waals surface area (Å²) in [5.41, 5.74) is 9.87. The van der Waals surface area contributed by atoms with E-state index in [0.717, 1.165) is 8.05 Å². The fraction of sp³-hybridized carbons (Fsp3) is 0. The zero-order chi connectivity index (χ0) is 9.68. The van der Waals surface area contributed by atoms with E-state index in [1.807, 2.05) is 30.3 Å². The molecule has 0 radical (unpaired) electrons. The number of rotatable bonds is 2. The molecule has 0 unspecified atom stereocenters. The van der Waals surface area contributed by atoms with Gasteiger partial charge in [-0.05, 0) is 49.6 Å². The van der Waals surface area contributed by atoms with Crippen molar-refractivity contribution < 1.29 is 0 Å². The van der Waals surface area contributed by atoms with Gasteiger partial charge < -0.3 is 0 Å². The summed E-state index contributed by atoms with van der Waals surface area (Å²) in [5.74, 6) is 0. The van der Waals surface area contributed by atoms with Crippen LogP contribution in [0.25, 0.3) is 16.1 Å². The number of hydrogen-bond acceptors (Lipinski definition) is 1. The number of benzene rings is 1. The van der Waals surface area contributed by atoms with Crippen LogP contribution in [0.15, 0.2) is 37.9 Å². The molecule has 1 aromatic rings. The van der Waals surface area contributed by atoms with Crippen LogP contribution in [0.1, 0.15) is 5.56 Å². The second-order valence-electron chi connectivity index (χ2n) is 2.16. The lowest BCUT2D eigenvalue weighted by molar-refractivity contribution is 1.48. The Hall–Kier alpha value is -0.520. The van der Waals surface area contributed by atoms with Crippen LogP contribution in [0.2, 0.25) is 0 Å². The summed E-state index contributed by atoms with van der Waals surface area (Å²) in [6.07, 6.45) is 0. The van der Waals surface area contributed by atoms with Crippen LogP contribution in [-0.4, -0.2) is 0 Å². The number of hydrogen-bond donors (Lipinski definition) is 0. The Morgan fingerprint density at radius 3 is 2.46 bits per heavy atom. The molecule has 0 amide bonds. The minimum absolute atomic E-state index is 0.615. The molecule has 0 heterocycles. The topological polar surface area (TPSA) is 48.8 Å². The van der Waals surface area contributed by atoms with Crippen LogP contribution in [0.5, 0.6) is 0 Å². The summed E-state index contributed by atoms with van der Waals surface area (Å²) >= 11 is 5.34. The molecule has 0 aromatic heterocycles. The van der Waals surface area contributed by atoms with E-state index in [1.54, 1.807) is 0 Å². The summed E-state index contributed by atoms with van der Waals surface area (Å²) in [4.78, 5) is 2.77. The van der Waals surface area contributed by atoms with Crippen LogP contribution in [0, 0.1) is 0 Å². The van der Waals surface area contributed by atoms with Crippen LogP contribution < -0.4 is 0 Å². The predicted molar refractivity (Wildman–Crippen MR) is 65.5 cm³/mol. The van der Waals surface area contributed by atoms with E-state index in [4.69, 9.17) is 5.53 Å². The summed E-state index contributed by atoms with van der Waals surface area (Å²) in [5, 5.41) is 3.60. The highest BCUT2D eigenvalue weighted by molar-refractivity contribution is 14.1. The normalized spacial score (nSPS) is 11.5. The maximum absolute atomic E-state index is 8.35. The van der Waals surface area contributed by atoms with Crippen molar-refractivity contribution in [2.24, 2.45) is 5.11 Å². The van der Waals surface area contributed by atoms with Crippen molar-refractivity contribution in [1.82, 2.24) is 0 Å². The highest BCUT2D eigenvalue weighted by Crippen LogP contribution is 2.28. The fourth-order valence-corrected chi connectivity index (χ4v) is 1.57. The first kappa shape index (κ1) is 10.6. The molecule has 13 heavy (non-hydrogen) atoms. The van der Waals surface area contributed by atoms with Crippen LogP contribution in [-0.2, 0) is 0 Å². The van der Waals surface area contributed by atoms with Gasteiger partial charge >= 0.3 is 0 Å². The summed E-state index contributed by atoms with van der Waals surface area (Å²) in [6, 6.07) is 9.50. The molecule has 0 aliphatic rings. The van der Waals surface area contributed by atoms with E-state index < -0.39 is 0 Å². The van der Waals surface area contributed by atoms with Gasteiger partial charge in [0.25, 0.3) is 0 Å². The van der Waals surface area contributed by atoms with E-state index in [-0.39, 0.29) is 0 Å². The van der Waals surface area contributed by atoms with Gasteiger partial charge in [-0.25, -0.2) is 0 Å². The molecule has 1 aromatic carbocycles. The van der Waals surface area contributed by atoms with Crippen LogP contribution in [0.4, 0.5) is 0 Å². The van der Waals surface area contributed by atoms with Gasteiger partial charge in [0, 0.05) is 4.91 Å². The first-order chi connectivity index (χ1) is 6.25. The van der Waals surface area contributed by atoms with Gasteiger partial charge in [-0.3, -0.25) is 0 Å². The van der Waals surface area contributed by atoms with Crippen molar-refractivity contribution in [3.8, 4) is 0 Å². The van der Waals surface area contributed by atoms with Gasteiger partial charge in [0.1, 0.15) is 0 Å². The second kappa shape index (κ2) is 5.26. The Kier molecular flexibility index (Phi) is 4.27. The average molecular weight is 350 g/mol. The molecule has 0 fully saturated rings. The lowest BCUT2D eigenvalue weighted by Gasteiger charge is -1.99. The molecule has 5 heteroatoms.